The zero-order chi connectivity index (χ0) is 10.1. The maximum absolute atomic E-state index is 10.9. The van der Waals surface area contributed by atoms with Crippen LogP contribution in [0.1, 0.15) is 10.4 Å². The molecule has 0 radical (unpaired) electrons. The van der Waals surface area contributed by atoms with Crippen molar-refractivity contribution in [3.63, 3.8) is 0 Å². The molecular weight excluding hydrogens is 403 g/mol. The van der Waals surface area contributed by atoms with E-state index >= 15 is 0 Å². The molecule has 0 aliphatic heterocycles. The molecule has 0 saturated heterocycles. The van der Waals surface area contributed by atoms with Crippen LogP contribution in [0.3, 0.4) is 0 Å². The molecule has 2 nitrogen and oxygen atoms in total. The molecule has 0 unspecified atom stereocenters. The van der Waals surface area contributed by atoms with Crippen molar-refractivity contribution in [1.82, 2.24) is 0 Å². The van der Waals surface area contributed by atoms with Crippen LogP contribution >= 0.6 is 22.6 Å². The van der Waals surface area contributed by atoms with Crippen LogP contribution in [-0.4, -0.2) is 11.1 Å². The first-order valence-electron chi connectivity index (χ1n) is 4.10. The van der Waals surface area contributed by atoms with E-state index in [9.17, 15) is 4.79 Å². The minimum atomic E-state index is -0.875. The van der Waals surface area contributed by atoms with Crippen LogP contribution in [0.4, 0.5) is 0 Å². The van der Waals surface area contributed by atoms with Gasteiger partial charge in [-0.2, -0.15) is 0 Å². The third kappa shape index (κ3) is 2.69. The molecule has 0 amide bonds. The zero-order valence-corrected chi connectivity index (χ0v) is 14.1. The number of hydrogen-bond acceptors (Lipinski definition) is 1. The number of carbonyl (C=O) groups is 1. The number of carboxylic acids is 1. The number of carboxylic acid groups (broad SMARTS) is 1. The summed E-state index contributed by atoms with van der Waals surface area (Å²) in [6.07, 6.45) is 0. The molecule has 2 rings (SSSR count). The van der Waals surface area contributed by atoms with Crippen molar-refractivity contribution in [2.24, 2.45) is 0 Å². The van der Waals surface area contributed by atoms with Gasteiger partial charge in [0.05, 0.1) is 5.56 Å². The van der Waals surface area contributed by atoms with Crippen LogP contribution in [0.15, 0.2) is 36.4 Å². The van der Waals surface area contributed by atoms with Crippen molar-refractivity contribution in [1.29, 1.82) is 0 Å². The normalized spacial score (nSPS) is 9.67. The number of fused-ring (bicyclic) bond motifs is 1. The summed E-state index contributed by atoms with van der Waals surface area (Å²) in [5.74, 6) is -0.875. The first-order valence-corrected chi connectivity index (χ1v) is 5.18. The van der Waals surface area contributed by atoms with E-state index in [1.54, 1.807) is 6.07 Å². The Bertz CT molecular complexity index is 511. The predicted octanol–water partition coefficient (Wildman–Crippen LogP) is 3.14. The molecule has 0 aliphatic rings. The molecule has 1 N–H and O–H groups in total. The molecule has 72 valence electrons. The Morgan fingerprint density at radius 3 is 2.20 bits per heavy atom. The molecule has 0 aliphatic carbocycles. The van der Waals surface area contributed by atoms with Crippen LogP contribution in [0.2, 0.25) is 0 Å². The van der Waals surface area contributed by atoms with E-state index in [0.717, 1.165) is 14.3 Å². The third-order valence-corrected chi connectivity index (χ3v) is 2.96. The summed E-state index contributed by atoms with van der Waals surface area (Å²) in [6.45, 7) is 0. The monoisotopic (exact) mass is 412 g/mol. The van der Waals surface area contributed by atoms with Gasteiger partial charge < -0.3 is 5.11 Å². The molecule has 0 bridgehead atoms. The Kier molecular flexibility index (Phi) is 4.50. The van der Waals surface area contributed by atoms with E-state index in [-0.39, 0.29) is 27.3 Å². The summed E-state index contributed by atoms with van der Waals surface area (Å²) in [5.41, 5.74) is 0.365. The second kappa shape index (κ2) is 5.24. The van der Waals surface area contributed by atoms with Gasteiger partial charge in [-0.25, -0.2) is 4.79 Å². The van der Waals surface area contributed by atoms with E-state index in [0.29, 0.717) is 5.56 Å². The van der Waals surface area contributed by atoms with Crippen molar-refractivity contribution >= 4 is 39.3 Å². The zero-order valence-electron chi connectivity index (χ0n) is 7.90. The average Bonchev–Trinajstić information content (AvgIpc) is 2.16. The molecular formula is C11H7CdIO2. The van der Waals surface area contributed by atoms with Gasteiger partial charge in [0.2, 0.25) is 0 Å². The molecule has 15 heavy (non-hydrogen) atoms. The maximum Gasteiger partial charge on any atom is 0.336 e. The molecule has 2 aromatic rings. The summed E-state index contributed by atoms with van der Waals surface area (Å²) >= 11 is 2.04. The van der Waals surface area contributed by atoms with E-state index in [4.69, 9.17) is 5.11 Å². The van der Waals surface area contributed by atoms with Gasteiger partial charge in [-0.05, 0) is 45.5 Å². The number of hydrogen-bond donors (Lipinski definition) is 1. The van der Waals surface area contributed by atoms with E-state index in [1.807, 2.05) is 52.9 Å². The standard InChI is InChI=1S/C11H7IO2.Cd/c12-10-6-8-4-2-1-3-7(8)5-9(10)11(13)14;/h1-6H,(H,13,14);. The summed E-state index contributed by atoms with van der Waals surface area (Å²) in [7, 11) is 0. The van der Waals surface area contributed by atoms with Gasteiger partial charge in [-0.3, -0.25) is 0 Å². The fraction of sp³-hybridized carbons (Fsp3) is 0. The van der Waals surface area contributed by atoms with Crippen molar-refractivity contribution in [3.8, 4) is 0 Å². The first-order chi connectivity index (χ1) is 6.68. The van der Waals surface area contributed by atoms with Crippen LogP contribution in [0.5, 0.6) is 0 Å². The van der Waals surface area contributed by atoms with Crippen molar-refractivity contribution in [2.75, 3.05) is 0 Å². The van der Waals surface area contributed by atoms with Gasteiger partial charge in [0.25, 0.3) is 0 Å². The fourth-order valence-electron chi connectivity index (χ4n) is 1.38. The number of rotatable bonds is 1. The Balaban J connectivity index is 0.00000112. The van der Waals surface area contributed by atoms with Gasteiger partial charge in [0, 0.05) is 30.9 Å². The average molecular weight is 410 g/mol. The molecule has 0 aromatic heterocycles. The van der Waals surface area contributed by atoms with Gasteiger partial charge in [-0.15, -0.1) is 0 Å². The Labute approximate surface area is 121 Å². The van der Waals surface area contributed by atoms with Crippen LogP contribution in [0.25, 0.3) is 10.8 Å². The molecule has 4 heteroatoms. The van der Waals surface area contributed by atoms with Crippen LogP contribution < -0.4 is 0 Å². The fourth-order valence-corrected chi connectivity index (χ4v) is 2.10. The quantitative estimate of drug-likeness (QED) is 0.579. The van der Waals surface area contributed by atoms with Crippen molar-refractivity contribution in [3.05, 3.63) is 45.5 Å². The Morgan fingerprint density at radius 2 is 1.67 bits per heavy atom. The predicted molar refractivity (Wildman–Crippen MR) is 63.6 cm³/mol. The van der Waals surface area contributed by atoms with Crippen molar-refractivity contribution in [2.45, 2.75) is 0 Å². The minimum absolute atomic E-state index is 0. The van der Waals surface area contributed by atoms with Crippen molar-refractivity contribution < 1.29 is 37.2 Å². The summed E-state index contributed by atoms with van der Waals surface area (Å²) in [6, 6.07) is 11.3. The summed E-state index contributed by atoms with van der Waals surface area (Å²) < 4.78 is 0.772. The van der Waals surface area contributed by atoms with Gasteiger partial charge in [0.15, 0.2) is 0 Å². The molecule has 0 atom stereocenters. The minimum Gasteiger partial charge on any atom is -0.478 e. The van der Waals surface area contributed by atoms with E-state index in [1.165, 1.54) is 0 Å². The third-order valence-electron chi connectivity index (χ3n) is 2.07. The second-order valence-corrected chi connectivity index (χ2v) is 4.15. The largest absolute Gasteiger partial charge is 0.478 e. The smallest absolute Gasteiger partial charge is 0.336 e. The number of halogens is 1. The number of aromatic carboxylic acids is 1. The molecule has 0 fully saturated rings. The maximum atomic E-state index is 10.9. The second-order valence-electron chi connectivity index (χ2n) is 2.98. The van der Waals surface area contributed by atoms with Gasteiger partial charge >= 0.3 is 5.97 Å². The van der Waals surface area contributed by atoms with E-state index in [2.05, 4.69) is 0 Å². The first kappa shape index (κ1) is 12.9. The SMILES string of the molecule is O=C(O)c1cc2ccccc2cc1I.[Cd]. The molecule has 2 aromatic carbocycles. The van der Waals surface area contributed by atoms with Gasteiger partial charge in [0.1, 0.15) is 0 Å². The van der Waals surface area contributed by atoms with Crippen LogP contribution in [0, 0.1) is 3.57 Å². The molecule has 0 heterocycles. The summed E-state index contributed by atoms with van der Waals surface area (Å²) in [5, 5.41) is 11.0. The molecule has 0 spiro atoms. The van der Waals surface area contributed by atoms with Gasteiger partial charge in [-0.1, -0.05) is 24.3 Å². The molecule has 0 saturated carbocycles. The number of benzene rings is 2. The topological polar surface area (TPSA) is 37.3 Å². The van der Waals surface area contributed by atoms with E-state index < -0.39 is 5.97 Å². The Hall–Kier alpha value is -0.178. The van der Waals surface area contributed by atoms with Crippen LogP contribution in [-0.2, 0) is 27.3 Å². The summed E-state index contributed by atoms with van der Waals surface area (Å²) in [4.78, 5) is 10.9. The Morgan fingerprint density at radius 1 is 1.13 bits per heavy atom.